The molecule has 1 amide bonds. The molecule has 0 unspecified atom stereocenters. The van der Waals surface area contributed by atoms with Gasteiger partial charge in [0.2, 0.25) is 5.13 Å². The molecule has 0 aliphatic heterocycles. The molecule has 1 N–H and O–H groups in total. The Morgan fingerprint density at radius 3 is 2.70 bits per heavy atom. The molecular formula is C16H12FN3O2S. The molecule has 0 atom stereocenters. The summed E-state index contributed by atoms with van der Waals surface area (Å²) < 4.78 is 18.4. The third-order valence-corrected chi connectivity index (χ3v) is 3.96. The third kappa shape index (κ3) is 3.35. The lowest BCUT2D eigenvalue weighted by Gasteiger charge is -2.07. The van der Waals surface area contributed by atoms with Gasteiger partial charge in [0, 0.05) is 5.56 Å². The Morgan fingerprint density at radius 1 is 1.17 bits per heavy atom. The van der Waals surface area contributed by atoms with Crippen LogP contribution in [0.4, 0.5) is 9.52 Å². The van der Waals surface area contributed by atoms with Gasteiger partial charge in [-0.3, -0.25) is 10.1 Å². The van der Waals surface area contributed by atoms with E-state index in [0.717, 1.165) is 11.6 Å². The number of carbonyl (C=O) groups is 1. The fourth-order valence-corrected chi connectivity index (χ4v) is 2.74. The van der Waals surface area contributed by atoms with Crippen LogP contribution in [-0.4, -0.2) is 23.2 Å². The van der Waals surface area contributed by atoms with E-state index < -0.39 is 11.7 Å². The molecule has 0 fully saturated rings. The average Bonchev–Trinajstić information content (AvgIpc) is 3.04. The minimum atomic E-state index is -0.516. The van der Waals surface area contributed by atoms with E-state index in [-0.39, 0.29) is 11.3 Å². The average molecular weight is 329 g/mol. The summed E-state index contributed by atoms with van der Waals surface area (Å²) in [6.07, 6.45) is 0. The highest BCUT2D eigenvalue weighted by molar-refractivity contribution is 7.18. The van der Waals surface area contributed by atoms with Gasteiger partial charge >= 0.3 is 0 Å². The number of carbonyl (C=O) groups excluding carboxylic acids is 1. The van der Waals surface area contributed by atoms with Gasteiger partial charge < -0.3 is 4.74 Å². The molecule has 7 heteroatoms. The molecule has 2 aromatic carbocycles. The number of hydrogen-bond donors (Lipinski definition) is 1. The monoisotopic (exact) mass is 329 g/mol. The van der Waals surface area contributed by atoms with E-state index >= 15 is 0 Å². The quantitative estimate of drug-likeness (QED) is 0.794. The molecule has 0 spiro atoms. The van der Waals surface area contributed by atoms with Crippen molar-refractivity contribution in [2.75, 3.05) is 12.4 Å². The molecule has 0 aliphatic rings. The van der Waals surface area contributed by atoms with E-state index in [4.69, 9.17) is 4.74 Å². The SMILES string of the molecule is COc1ccc(F)cc1C(=O)Nc1nnc(-c2ccccc2)s1. The molecule has 0 saturated carbocycles. The fourth-order valence-electron chi connectivity index (χ4n) is 1.99. The fraction of sp³-hybridized carbons (Fsp3) is 0.0625. The van der Waals surface area contributed by atoms with Gasteiger partial charge in [-0.1, -0.05) is 41.7 Å². The van der Waals surface area contributed by atoms with Gasteiger partial charge in [-0.05, 0) is 18.2 Å². The zero-order valence-corrected chi connectivity index (χ0v) is 12.9. The van der Waals surface area contributed by atoms with Crippen LogP contribution in [0.1, 0.15) is 10.4 Å². The van der Waals surface area contributed by atoms with Crippen LogP contribution in [-0.2, 0) is 0 Å². The predicted octanol–water partition coefficient (Wildman–Crippen LogP) is 3.61. The second-order valence-corrected chi connectivity index (χ2v) is 5.55. The topological polar surface area (TPSA) is 64.1 Å². The number of rotatable bonds is 4. The lowest BCUT2D eigenvalue weighted by atomic mass is 10.2. The van der Waals surface area contributed by atoms with Crippen molar-refractivity contribution in [3.8, 4) is 16.3 Å². The maximum absolute atomic E-state index is 13.3. The number of aromatic nitrogens is 2. The summed E-state index contributed by atoms with van der Waals surface area (Å²) in [4.78, 5) is 12.3. The number of hydrogen-bond acceptors (Lipinski definition) is 5. The second kappa shape index (κ2) is 6.53. The minimum Gasteiger partial charge on any atom is -0.496 e. The van der Waals surface area contributed by atoms with E-state index in [2.05, 4.69) is 15.5 Å². The van der Waals surface area contributed by atoms with Crippen molar-refractivity contribution in [2.45, 2.75) is 0 Å². The zero-order chi connectivity index (χ0) is 16.2. The van der Waals surface area contributed by atoms with E-state index in [1.807, 2.05) is 30.3 Å². The van der Waals surface area contributed by atoms with Gasteiger partial charge in [0.1, 0.15) is 16.6 Å². The van der Waals surface area contributed by atoms with Gasteiger partial charge in [0.05, 0.1) is 12.7 Å². The summed E-state index contributed by atoms with van der Waals surface area (Å²) >= 11 is 1.24. The van der Waals surface area contributed by atoms with Crippen molar-refractivity contribution >= 4 is 22.4 Å². The molecule has 23 heavy (non-hydrogen) atoms. The Bertz CT molecular complexity index is 836. The van der Waals surface area contributed by atoms with Gasteiger partial charge in [0.15, 0.2) is 0 Å². The maximum Gasteiger partial charge on any atom is 0.261 e. The van der Waals surface area contributed by atoms with Crippen molar-refractivity contribution in [1.82, 2.24) is 10.2 Å². The predicted molar refractivity (Wildman–Crippen MR) is 86.3 cm³/mol. The number of anilines is 1. The number of nitrogens with zero attached hydrogens (tertiary/aromatic N) is 2. The first-order chi connectivity index (χ1) is 11.2. The molecule has 3 aromatic rings. The number of ether oxygens (including phenoxy) is 1. The third-order valence-electron chi connectivity index (χ3n) is 3.07. The molecule has 0 bridgehead atoms. The first-order valence-corrected chi connectivity index (χ1v) is 7.53. The van der Waals surface area contributed by atoms with Gasteiger partial charge in [-0.2, -0.15) is 0 Å². The molecule has 1 heterocycles. The largest absolute Gasteiger partial charge is 0.496 e. The van der Waals surface area contributed by atoms with Crippen LogP contribution in [0, 0.1) is 5.82 Å². The van der Waals surface area contributed by atoms with Crippen LogP contribution < -0.4 is 10.1 Å². The second-order valence-electron chi connectivity index (χ2n) is 4.58. The summed E-state index contributed by atoms with van der Waals surface area (Å²) in [5.74, 6) is -0.730. The Hall–Kier alpha value is -2.80. The van der Waals surface area contributed by atoms with E-state index in [1.54, 1.807) is 0 Å². The van der Waals surface area contributed by atoms with Crippen LogP contribution in [0.15, 0.2) is 48.5 Å². The molecule has 0 radical (unpaired) electrons. The van der Waals surface area contributed by atoms with Crippen LogP contribution in [0.3, 0.4) is 0 Å². The highest BCUT2D eigenvalue weighted by Crippen LogP contribution is 2.27. The van der Waals surface area contributed by atoms with Crippen LogP contribution in [0.2, 0.25) is 0 Å². The number of halogens is 1. The Morgan fingerprint density at radius 2 is 1.96 bits per heavy atom. The van der Waals surface area contributed by atoms with Crippen LogP contribution in [0.25, 0.3) is 10.6 Å². The highest BCUT2D eigenvalue weighted by atomic mass is 32.1. The zero-order valence-electron chi connectivity index (χ0n) is 12.1. The van der Waals surface area contributed by atoms with Gasteiger partial charge in [-0.25, -0.2) is 4.39 Å². The first-order valence-electron chi connectivity index (χ1n) is 6.71. The molecule has 1 aromatic heterocycles. The van der Waals surface area contributed by atoms with E-state index in [9.17, 15) is 9.18 Å². The molecule has 0 aliphatic carbocycles. The Labute approximate surface area is 135 Å². The lowest BCUT2D eigenvalue weighted by Crippen LogP contribution is -2.13. The number of nitrogens with one attached hydrogen (secondary N) is 1. The van der Waals surface area contributed by atoms with Crippen molar-refractivity contribution in [1.29, 1.82) is 0 Å². The minimum absolute atomic E-state index is 0.101. The Kier molecular flexibility index (Phi) is 4.29. The number of benzene rings is 2. The Balaban J connectivity index is 1.82. The molecular weight excluding hydrogens is 317 g/mol. The van der Waals surface area contributed by atoms with E-state index in [0.29, 0.717) is 10.1 Å². The molecule has 0 saturated heterocycles. The summed E-state index contributed by atoms with van der Waals surface area (Å²) in [6.45, 7) is 0. The summed E-state index contributed by atoms with van der Waals surface area (Å²) in [5.41, 5.74) is 1.01. The van der Waals surface area contributed by atoms with Crippen molar-refractivity contribution in [3.63, 3.8) is 0 Å². The smallest absolute Gasteiger partial charge is 0.261 e. The summed E-state index contributed by atoms with van der Waals surface area (Å²) in [6, 6.07) is 13.3. The van der Waals surface area contributed by atoms with Crippen LogP contribution in [0.5, 0.6) is 5.75 Å². The number of methoxy groups -OCH3 is 1. The summed E-state index contributed by atoms with van der Waals surface area (Å²) in [7, 11) is 1.42. The maximum atomic E-state index is 13.3. The van der Waals surface area contributed by atoms with Crippen molar-refractivity contribution < 1.29 is 13.9 Å². The highest BCUT2D eigenvalue weighted by Gasteiger charge is 2.16. The molecule has 5 nitrogen and oxygen atoms in total. The van der Waals surface area contributed by atoms with Crippen LogP contribution >= 0.6 is 11.3 Å². The standard InChI is InChI=1S/C16H12FN3O2S/c1-22-13-8-7-11(17)9-12(13)14(21)18-16-20-19-15(23-16)10-5-3-2-4-6-10/h2-9H,1H3,(H,18,20,21). The number of amides is 1. The molecule has 3 rings (SSSR count). The first kappa shape index (κ1) is 15.1. The summed E-state index contributed by atoms with van der Waals surface area (Å²) in [5, 5.41) is 11.6. The van der Waals surface area contributed by atoms with Crippen molar-refractivity contribution in [2.24, 2.45) is 0 Å². The van der Waals surface area contributed by atoms with E-state index in [1.165, 1.54) is 30.6 Å². The van der Waals surface area contributed by atoms with Crippen molar-refractivity contribution in [3.05, 3.63) is 59.9 Å². The molecule has 116 valence electrons. The normalized spacial score (nSPS) is 10.3. The van der Waals surface area contributed by atoms with Gasteiger partial charge in [0.25, 0.3) is 5.91 Å². The lowest BCUT2D eigenvalue weighted by molar-refractivity contribution is 0.102. The van der Waals surface area contributed by atoms with Gasteiger partial charge in [-0.15, -0.1) is 10.2 Å².